The predicted octanol–water partition coefficient (Wildman–Crippen LogP) is 3.40. The first kappa shape index (κ1) is 19.3. The zero-order valence-corrected chi connectivity index (χ0v) is 16.8. The van der Waals surface area contributed by atoms with Crippen LogP contribution in [-0.2, 0) is 11.2 Å². The lowest BCUT2D eigenvalue weighted by atomic mass is 10.1. The molecule has 4 rings (SSSR count). The average molecular weight is 411 g/mol. The second-order valence-corrected chi connectivity index (χ2v) is 7.53. The van der Waals surface area contributed by atoms with E-state index < -0.39 is 0 Å². The fourth-order valence-corrected chi connectivity index (χ4v) is 3.55. The van der Waals surface area contributed by atoms with E-state index >= 15 is 0 Å². The third-order valence-corrected chi connectivity index (χ3v) is 5.24. The van der Waals surface area contributed by atoms with E-state index in [9.17, 15) is 4.79 Å². The lowest BCUT2D eigenvalue weighted by Gasteiger charge is -2.21. The zero-order chi connectivity index (χ0) is 20.1. The van der Waals surface area contributed by atoms with Gasteiger partial charge in [-0.2, -0.15) is 0 Å². The van der Waals surface area contributed by atoms with Gasteiger partial charge in [-0.05, 0) is 30.2 Å². The van der Waals surface area contributed by atoms with Crippen molar-refractivity contribution in [2.45, 2.75) is 24.6 Å². The Hall–Kier alpha value is -3.00. The standard InChI is InChI=1S/C21H21N3O4S/c1-14(16-7-8-17-18(12-16)27-10-9-26-17)22-19(25)13-29-21-24-23-20(28-21)11-15-5-3-2-4-6-15/h2-8,12,14H,9-11,13H2,1H3,(H,22,25)/t14-/m1/s1. The van der Waals surface area contributed by atoms with Crippen molar-refractivity contribution < 1.29 is 18.7 Å². The topological polar surface area (TPSA) is 86.5 Å². The summed E-state index contributed by atoms with van der Waals surface area (Å²) in [6, 6.07) is 15.4. The van der Waals surface area contributed by atoms with Crippen molar-refractivity contribution in [2.75, 3.05) is 19.0 Å². The highest BCUT2D eigenvalue weighted by atomic mass is 32.2. The van der Waals surface area contributed by atoms with Gasteiger partial charge in [0.2, 0.25) is 11.8 Å². The Morgan fingerprint density at radius 3 is 2.72 bits per heavy atom. The highest BCUT2D eigenvalue weighted by Gasteiger charge is 2.17. The SMILES string of the molecule is C[C@@H](NC(=O)CSc1nnc(Cc2ccccc2)o1)c1ccc2c(c1)OCCO2. The molecule has 1 aliphatic rings. The van der Waals surface area contributed by atoms with Crippen LogP contribution >= 0.6 is 11.8 Å². The Morgan fingerprint density at radius 1 is 1.10 bits per heavy atom. The number of hydrogen-bond acceptors (Lipinski definition) is 7. The molecule has 2 heterocycles. The number of aromatic nitrogens is 2. The first-order valence-electron chi connectivity index (χ1n) is 9.35. The molecule has 1 amide bonds. The largest absolute Gasteiger partial charge is 0.486 e. The summed E-state index contributed by atoms with van der Waals surface area (Å²) in [5.41, 5.74) is 2.05. The van der Waals surface area contributed by atoms with Crippen molar-refractivity contribution >= 4 is 17.7 Å². The molecule has 0 unspecified atom stereocenters. The highest BCUT2D eigenvalue weighted by molar-refractivity contribution is 7.99. The molecule has 1 aromatic heterocycles. The van der Waals surface area contributed by atoms with Crippen molar-refractivity contribution in [1.29, 1.82) is 0 Å². The van der Waals surface area contributed by atoms with Gasteiger partial charge in [-0.1, -0.05) is 48.2 Å². The van der Waals surface area contributed by atoms with Gasteiger partial charge in [0.1, 0.15) is 13.2 Å². The van der Waals surface area contributed by atoms with Gasteiger partial charge in [-0.15, -0.1) is 10.2 Å². The zero-order valence-electron chi connectivity index (χ0n) is 16.0. The van der Waals surface area contributed by atoms with Crippen LogP contribution in [-0.4, -0.2) is 35.1 Å². The van der Waals surface area contributed by atoms with Crippen LogP contribution in [0.3, 0.4) is 0 Å². The van der Waals surface area contributed by atoms with Crippen LogP contribution in [0.4, 0.5) is 0 Å². The molecule has 0 saturated heterocycles. The summed E-state index contributed by atoms with van der Waals surface area (Å²) in [7, 11) is 0. The van der Waals surface area contributed by atoms with Gasteiger partial charge in [0.05, 0.1) is 18.2 Å². The molecule has 1 atom stereocenters. The molecule has 29 heavy (non-hydrogen) atoms. The van der Waals surface area contributed by atoms with Gasteiger partial charge in [0, 0.05) is 0 Å². The minimum absolute atomic E-state index is 0.111. The number of nitrogens with zero attached hydrogens (tertiary/aromatic N) is 2. The molecule has 8 heteroatoms. The van der Waals surface area contributed by atoms with Crippen molar-refractivity contribution in [2.24, 2.45) is 0 Å². The smallest absolute Gasteiger partial charge is 0.277 e. The number of fused-ring (bicyclic) bond motifs is 1. The van der Waals surface area contributed by atoms with Crippen LogP contribution in [0.15, 0.2) is 58.2 Å². The highest BCUT2D eigenvalue weighted by Crippen LogP contribution is 2.32. The van der Waals surface area contributed by atoms with E-state index in [1.165, 1.54) is 11.8 Å². The quantitative estimate of drug-likeness (QED) is 0.596. The van der Waals surface area contributed by atoms with E-state index in [1.54, 1.807) is 0 Å². The Bertz CT molecular complexity index is 977. The predicted molar refractivity (Wildman–Crippen MR) is 108 cm³/mol. The molecule has 0 radical (unpaired) electrons. The molecule has 1 aliphatic heterocycles. The third kappa shape index (κ3) is 5.08. The molecular weight excluding hydrogens is 390 g/mol. The minimum Gasteiger partial charge on any atom is -0.486 e. The molecule has 0 fully saturated rings. The van der Waals surface area contributed by atoms with Crippen LogP contribution in [0.2, 0.25) is 0 Å². The van der Waals surface area contributed by atoms with Crippen molar-refractivity contribution in [3.8, 4) is 11.5 Å². The Balaban J connectivity index is 1.28. The van der Waals surface area contributed by atoms with E-state index in [0.717, 1.165) is 16.9 Å². The molecule has 150 valence electrons. The van der Waals surface area contributed by atoms with Crippen molar-refractivity contribution in [3.05, 3.63) is 65.5 Å². The van der Waals surface area contributed by atoms with E-state index in [4.69, 9.17) is 13.9 Å². The molecule has 0 saturated carbocycles. The molecule has 3 aromatic rings. The summed E-state index contributed by atoms with van der Waals surface area (Å²) < 4.78 is 16.7. The molecule has 1 N–H and O–H groups in total. The van der Waals surface area contributed by atoms with Crippen LogP contribution in [0.25, 0.3) is 0 Å². The van der Waals surface area contributed by atoms with Crippen LogP contribution in [0.5, 0.6) is 11.5 Å². The number of carbonyl (C=O) groups is 1. The summed E-state index contributed by atoms with van der Waals surface area (Å²) >= 11 is 1.22. The van der Waals surface area contributed by atoms with Crippen molar-refractivity contribution in [3.63, 3.8) is 0 Å². The lowest BCUT2D eigenvalue weighted by molar-refractivity contribution is -0.119. The third-order valence-electron chi connectivity index (χ3n) is 4.42. The van der Waals surface area contributed by atoms with Gasteiger partial charge in [0.25, 0.3) is 5.22 Å². The monoisotopic (exact) mass is 411 g/mol. The fourth-order valence-electron chi connectivity index (χ4n) is 2.96. The van der Waals surface area contributed by atoms with Gasteiger partial charge in [-0.3, -0.25) is 4.79 Å². The number of amides is 1. The van der Waals surface area contributed by atoms with Gasteiger partial charge >= 0.3 is 0 Å². The summed E-state index contributed by atoms with van der Waals surface area (Å²) in [6.07, 6.45) is 0.571. The summed E-state index contributed by atoms with van der Waals surface area (Å²) in [6.45, 7) is 3.02. The minimum atomic E-state index is -0.157. The number of benzene rings is 2. The van der Waals surface area contributed by atoms with Crippen molar-refractivity contribution in [1.82, 2.24) is 15.5 Å². The lowest BCUT2D eigenvalue weighted by Crippen LogP contribution is -2.28. The molecule has 0 bridgehead atoms. The number of rotatable bonds is 7. The van der Waals surface area contributed by atoms with Crippen LogP contribution < -0.4 is 14.8 Å². The number of ether oxygens (including phenoxy) is 2. The maximum atomic E-state index is 12.3. The molecule has 0 aliphatic carbocycles. The van der Waals surface area contributed by atoms with Crippen LogP contribution in [0.1, 0.15) is 30.0 Å². The van der Waals surface area contributed by atoms with E-state index in [0.29, 0.717) is 36.5 Å². The molecule has 2 aromatic carbocycles. The Morgan fingerprint density at radius 2 is 1.90 bits per heavy atom. The van der Waals surface area contributed by atoms with Gasteiger partial charge in [-0.25, -0.2) is 0 Å². The Labute approximate surface area is 172 Å². The maximum absolute atomic E-state index is 12.3. The summed E-state index contributed by atoms with van der Waals surface area (Å²) in [5, 5.41) is 11.4. The first-order chi connectivity index (χ1) is 14.2. The fraction of sp³-hybridized carbons (Fsp3) is 0.286. The van der Waals surface area contributed by atoms with Crippen LogP contribution in [0, 0.1) is 0 Å². The average Bonchev–Trinajstić information content (AvgIpc) is 3.20. The van der Waals surface area contributed by atoms with E-state index in [-0.39, 0.29) is 17.7 Å². The summed E-state index contributed by atoms with van der Waals surface area (Å²) in [4.78, 5) is 12.3. The Kier molecular flexibility index (Phi) is 6.00. The molecule has 7 nitrogen and oxygen atoms in total. The normalized spacial score (nSPS) is 13.7. The number of carbonyl (C=O) groups excluding carboxylic acids is 1. The second-order valence-electron chi connectivity index (χ2n) is 6.61. The number of nitrogens with one attached hydrogen (secondary N) is 1. The van der Waals surface area contributed by atoms with Gasteiger partial charge < -0.3 is 19.2 Å². The summed E-state index contributed by atoms with van der Waals surface area (Å²) in [5.74, 6) is 2.06. The second kappa shape index (κ2) is 9.00. The molecular formula is C21H21N3O4S. The van der Waals surface area contributed by atoms with E-state index in [2.05, 4.69) is 15.5 Å². The maximum Gasteiger partial charge on any atom is 0.277 e. The number of hydrogen-bond donors (Lipinski definition) is 1. The first-order valence-corrected chi connectivity index (χ1v) is 10.3. The van der Waals surface area contributed by atoms with Gasteiger partial charge in [0.15, 0.2) is 11.5 Å². The number of thioether (sulfide) groups is 1. The molecule has 0 spiro atoms. The van der Waals surface area contributed by atoms with E-state index in [1.807, 2.05) is 55.5 Å².